The number of hydrogen-bond donors (Lipinski definition) is 0. The van der Waals surface area contributed by atoms with Gasteiger partial charge in [0.15, 0.2) is 0 Å². The first-order valence-electron chi connectivity index (χ1n) is 13.1. The van der Waals surface area contributed by atoms with Crippen molar-refractivity contribution < 1.29 is 0 Å². The molecule has 0 aromatic rings. The third-order valence-corrected chi connectivity index (χ3v) is 8.47. The van der Waals surface area contributed by atoms with Gasteiger partial charge in [0, 0.05) is 24.2 Å². The predicted octanol–water partition coefficient (Wildman–Crippen LogP) is 7.39. The first-order valence-corrected chi connectivity index (χ1v) is 13.1. The van der Waals surface area contributed by atoms with Crippen molar-refractivity contribution in [3.8, 4) is 0 Å². The molecule has 28 heavy (non-hydrogen) atoms. The minimum absolute atomic E-state index is 0.777. The summed E-state index contributed by atoms with van der Waals surface area (Å²) in [4.78, 5) is 5.86. The van der Waals surface area contributed by atoms with Gasteiger partial charge >= 0.3 is 0 Å². The average Bonchev–Trinajstić information content (AvgIpc) is 2.77. The molecule has 0 atom stereocenters. The number of nitrogens with zero attached hydrogens (tertiary/aromatic N) is 2. The Morgan fingerprint density at radius 1 is 0.393 bits per heavy atom. The summed E-state index contributed by atoms with van der Waals surface area (Å²) in [5, 5.41) is 0. The van der Waals surface area contributed by atoms with Crippen LogP contribution in [0.2, 0.25) is 0 Å². The van der Waals surface area contributed by atoms with Crippen molar-refractivity contribution in [2.45, 2.75) is 153 Å². The summed E-state index contributed by atoms with van der Waals surface area (Å²) >= 11 is 0. The molecule has 0 heterocycles. The summed E-state index contributed by atoms with van der Waals surface area (Å²) < 4.78 is 0. The normalized spacial score (nSPS) is 26.9. The zero-order chi connectivity index (χ0) is 19.2. The fourth-order valence-electron chi connectivity index (χ4n) is 7.01. The van der Waals surface area contributed by atoms with Crippen molar-refractivity contribution in [1.29, 1.82) is 0 Å². The van der Waals surface area contributed by atoms with Crippen molar-refractivity contribution in [3.05, 3.63) is 12.4 Å². The van der Waals surface area contributed by atoms with E-state index in [9.17, 15) is 0 Å². The summed E-state index contributed by atoms with van der Waals surface area (Å²) in [5.74, 6) is 1.47. The average molecular weight is 387 g/mol. The Bertz CT molecular complexity index is 385. The smallest absolute Gasteiger partial charge is 0.0975 e. The van der Waals surface area contributed by atoms with Crippen LogP contribution in [-0.2, 0) is 0 Å². The Hall–Kier alpha value is -0.660. The molecule has 2 nitrogen and oxygen atoms in total. The molecule has 4 saturated carbocycles. The van der Waals surface area contributed by atoms with Crippen LogP contribution in [-0.4, -0.2) is 34.0 Å². The quantitative estimate of drug-likeness (QED) is 0.469. The van der Waals surface area contributed by atoms with Crippen molar-refractivity contribution in [2.75, 3.05) is 0 Å². The third-order valence-electron chi connectivity index (χ3n) is 8.47. The lowest BCUT2D eigenvalue weighted by Gasteiger charge is -2.52. The van der Waals surface area contributed by atoms with Crippen LogP contribution in [0.25, 0.3) is 0 Å². The lowest BCUT2D eigenvalue weighted by Crippen LogP contribution is -2.54. The highest BCUT2D eigenvalue weighted by Gasteiger charge is 2.36. The van der Waals surface area contributed by atoms with E-state index in [1.54, 1.807) is 0 Å². The Morgan fingerprint density at radius 3 is 0.821 bits per heavy atom. The zero-order valence-electron chi connectivity index (χ0n) is 18.6. The molecule has 0 aromatic carbocycles. The molecule has 0 spiro atoms. The molecule has 4 rings (SSSR count). The maximum absolute atomic E-state index is 4.91. The number of hydrogen-bond acceptors (Lipinski definition) is 2. The predicted molar refractivity (Wildman–Crippen MR) is 120 cm³/mol. The van der Waals surface area contributed by atoms with Crippen LogP contribution in [0.3, 0.4) is 0 Å². The Balaban J connectivity index is 1.57. The van der Waals surface area contributed by atoms with Crippen LogP contribution in [0.5, 0.6) is 0 Å². The van der Waals surface area contributed by atoms with E-state index in [4.69, 9.17) is 6.58 Å². The van der Waals surface area contributed by atoms with Crippen LogP contribution in [0.15, 0.2) is 12.4 Å². The van der Waals surface area contributed by atoms with Crippen LogP contribution in [0.4, 0.5) is 0 Å². The van der Waals surface area contributed by atoms with E-state index in [-0.39, 0.29) is 0 Å². The molecular weight excluding hydrogens is 340 g/mol. The second kappa shape index (κ2) is 10.4. The highest BCUT2D eigenvalue weighted by atomic mass is 15.4. The van der Waals surface area contributed by atoms with Gasteiger partial charge in [0.05, 0.1) is 5.82 Å². The molecule has 0 unspecified atom stereocenters. The molecule has 4 aliphatic rings. The van der Waals surface area contributed by atoms with Crippen LogP contribution < -0.4 is 0 Å². The van der Waals surface area contributed by atoms with Gasteiger partial charge in [-0.15, -0.1) is 0 Å². The van der Waals surface area contributed by atoms with Gasteiger partial charge < -0.3 is 9.80 Å². The molecule has 0 aromatic heterocycles. The van der Waals surface area contributed by atoms with Crippen LogP contribution in [0, 0.1) is 0 Å². The standard InChI is InChI=1S/C26H46N2/c1-22(27(23-14-6-2-7-15-23)24-16-8-3-9-17-24)28(25-18-10-4-11-19-25)26-20-12-5-13-21-26/h23-26H,1-21H2. The van der Waals surface area contributed by atoms with Crippen molar-refractivity contribution in [2.24, 2.45) is 0 Å². The summed E-state index contributed by atoms with van der Waals surface area (Å²) in [6, 6.07) is 3.11. The fourth-order valence-corrected chi connectivity index (χ4v) is 7.01. The Kier molecular flexibility index (Phi) is 7.65. The molecule has 0 amide bonds. The first kappa shape index (κ1) is 20.6. The second-order valence-electron chi connectivity index (χ2n) is 10.4. The van der Waals surface area contributed by atoms with E-state index in [1.165, 1.54) is 134 Å². The molecule has 0 aliphatic heterocycles. The molecule has 0 radical (unpaired) electrons. The van der Waals surface area contributed by atoms with E-state index in [0.717, 1.165) is 24.2 Å². The van der Waals surface area contributed by atoms with E-state index < -0.39 is 0 Å². The maximum Gasteiger partial charge on any atom is 0.0975 e. The molecule has 2 heteroatoms. The maximum atomic E-state index is 4.91. The van der Waals surface area contributed by atoms with Gasteiger partial charge in [-0.05, 0) is 51.4 Å². The van der Waals surface area contributed by atoms with E-state index in [2.05, 4.69) is 9.80 Å². The van der Waals surface area contributed by atoms with Crippen molar-refractivity contribution >= 4 is 0 Å². The summed E-state index contributed by atoms with van der Waals surface area (Å²) in [5.41, 5.74) is 0. The minimum Gasteiger partial charge on any atom is -0.353 e. The third kappa shape index (κ3) is 4.90. The SMILES string of the molecule is C=C(N(C1CCCCC1)C1CCCCC1)N(C1CCCCC1)C1CCCCC1. The van der Waals surface area contributed by atoms with E-state index in [0.29, 0.717) is 0 Å². The highest BCUT2D eigenvalue weighted by Crippen LogP contribution is 2.38. The van der Waals surface area contributed by atoms with Crippen molar-refractivity contribution in [1.82, 2.24) is 9.80 Å². The molecule has 0 N–H and O–H groups in total. The molecule has 0 saturated heterocycles. The molecular formula is C26H46N2. The summed E-state index contributed by atoms with van der Waals surface area (Å²) in [6.45, 7) is 4.91. The van der Waals surface area contributed by atoms with E-state index in [1.807, 2.05) is 0 Å². The van der Waals surface area contributed by atoms with E-state index >= 15 is 0 Å². The van der Waals surface area contributed by atoms with Gasteiger partial charge in [-0.2, -0.15) is 0 Å². The Morgan fingerprint density at radius 2 is 0.607 bits per heavy atom. The van der Waals surface area contributed by atoms with Crippen LogP contribution in [0.1, 0.15) is 128 Å². The second-order valence-corrected chi connectivity index (χ2v) is 10.4. The topological polar surface area (TPSA) is 6.48 Å². The van der Waals surface area contributed by atoms with Gasteiger partial charge in [-0.3, -0.25) is 0 Å². The molecule has 160 valence electrons. The highest BCUT2D eigenvalue weighted by molar-refractivity contribution is 5.06. The van der Waals surface area contributed by atoms with Gasteiger partial charge in [0.25, 0.3) is 0 Å². The lowest BCUT2D eigenvalue weighted by atomic mass is 9.86. The molecule has 0 bridgehead atoms. The Labute approximate surface area is 175 Å². The van der Waals surface area contributed by atoms with Crippen molar-refractivity contribution in [3.63, 3.8) is 0 Å². The molecule has 4 aliphatic carbocycles. The van der Waals surface area contributed by atoms with Gasteiger partial charge in [0.2, 0.25) is 0 Å². The zero-order valence-corrected chi connectivity index (χ0v) is 18.6. The lowest BCUT2D eigenvalue weighted by molar-refractivity contribution is 0.0257. The number of rotatable bonds is 6. The first-order chi connectivity index (χ1) is 13.8. The van der Waals surface area contributed by atoms with Gasteiger partial charge in [0.1, 0.15) is 0 Å². The minimum atomic E-state index is 0.777. The largest absolute Gasteiger partial charge is 0.353 e. The summed E-state index contributed by atoms with van der Waals surface area (Å²) in [6.07, 6.45) is 28.7. The van der Waals surface area contributed by atoms with Gasteiger partial charge in [-0.1, -0.05) is 83.6 Å². The summed E-state index contributed by atoms with van der Waals surface area (Å²) in [7, 11) is 0. The fraction of sp³-hybridized carbons (Fsp3) is 0.923. The molecule has 4 fully saturated rings. The van der Waals surface area contributed by atoms with Crippen LogP contribution >= 0.6 is 0 Å². The monoisotopic (exact) mass is 386 g/mol. The van der Waals surface area contributed by atoms with Gasteiger partial charge in [-0.25, -0.2) is 0 Å².